The van der Waals surface area contributed by atoms with E-state index in [9.17, 15) is 24.3 Å². The van der Waals surface area contributed by atoms with Gasteiger partial charge in [-0.2, -0.15) is 0 Å². The van der Waals surface area contributed by atoms with Gasteiger partial charge in [-0.3, -0.25) is 19.3 Å². The molecule has 3 heterocycles. The summed E-state index contributed by atoms with van der Waals surface area (Å²) in [4.78, 5) is 53.6. The van der Waals surface area contributed by atoms with Crippen molar-refractivity contribution in [3.05, 3.63) is 35.4 Å². The molecule has 11 nitrogen and oxygen atoms in total. The van der Waals surface area contributed by atoms with E-state index in [2.05, 4.69) is 15.3 Å². The van der Waals surface area contributed by atoms with Gasteiger partial charge in [0.2, 0.25) is 5.71 Å². The molecule has 0 aromatic carbocycles. The number of amides is 2. The predicted octanol–water partition coefficient (Wildman–Crippen LogP) is -0.0682. The van der Waals surface area contributed by atoms with Crippen LogP contribution in [-0.2, 0) is 28.8 Å². The van der Waals surface area contributed by atoms with E-state index in [1.807, 2.05) is 0 Å². The molecule has 2 unspecified atom stereocenters. The Morgan fingerprint density at radius 1 is 1.45 bits per heavy atom. The van der Waals surface area contributed by atoms with Crippen LogP contribution in [0.25, 0.3) is 0 Å². The summed E-state index contributed by atoms with van der Waals surface area (Å²) in [7, 11) is 1.26. The number of esters is 1. The van der Waals surface area contributed by atoms with Gasteiger partial charge in [0.1, 0.15) is 30.8 Å². The van der Waals surface area contributed by atoms with Crippen molar-refractivity contribution in [3.63, 3.8) is 0 Å². The SMILES string of the molecule is CON=C(C(=O)NC1C(=O)N2C(C(=O)O)=C(COC(C)=O)CSC12)c1ccco1. The Morgan fingerprint density at radius 3 is 2.79 bits per heavy atom. The maximum atomic E-state index is 12.6. The van der Waals surface area contributed by atoms with Crippen LogP contribution in [0.1, 0.15) is 12.7 Å². The van der Waals surface area contributed by atoms with Crippen molar-refractivity contribution in [2.45, 2.75) is 18.3 Å². The average molecular weight is 423 g/mol. The lowest BCUT2D eigenvalue weighted by Gasteiger charge is -2.49. The summed E-state index contributed by atoms with van der Waals surface area (Å²) >= 11 is 1.25. The zero-order valence-corrected chi connectivity index (χ0v) is 16.2. The number of rotatable bonds is 7. The first kappa shape index (κ1) is 20.5. The van der Waals surface area contributed by atoms with Crippen LogP contribution in [0.2, 0.25) is 0 Å². The molecule has 0 aliphatic carbocycles. The van der Waals surface area contributed by atoms with Crippen LogP contribution in [0.3, 0.4) is 0 Å². The Labute approximate surface area is 168 Å². The summed E-state index contributed by atoms with van der Waals surface area (Å²) in [6.45, 7) is 0.985. The quantitative estimate of drug-likeness (QED) is 0.266. The zero-order valence-electron chi connectivity index (χ0n) is 15.4. The van der Waals surface area contributed by atoms with E-state index in [0.29, 0.717) is 5.57 Å². The minimum Gasteiger partial charge on any atom is -0.477 e. The van der Waals surface area contributed by atoms with E-state index in [4.69, 9.17) is 9.15 Å². The van der Waals surface area contributed by atoms with Crippen molar-refractivity contribution in [1.82, 2.24) is 10.2 Å². The van der Waals surface area contributed by atoms with Crippen molar-refractivity contribution in [2.75, 3.05) is 19.5 Å². The fraction of sp³-hybridized carbons (Fsp3) is 0.353. The number of carboxylic acid groups (broad SMARTS) is 1. The van der Waals surface area contributed by atoms with E-state index >= 15 is 0 Å². The topological polar surface area (TPSA) is 148 Å². The monoisotopic (exact) mass is 423 g/mol. The first-order valence-corrected chi connectivity index (χ1v) is 9.39. The van der Waals surface area contributed by atoms with Gasteiger partial charge in [-0.25, -0.2) is 4.79 Å². The van der Waals surface area contributed by atoms with Crippen molar-refractivity contribution in [1.29, 1.82) is 0 Å². The molecular formula is C17H17N3O8S. The number of aliphatic carboxylic acids is 1. The third kappa shape index (κ3) is 3.97. The standard InChI is InChI=1S/C17H17N3O8S/c1-8(21)28-6-9-7-29-16-12(15(23)20(16)13(9)17(24)25)18-14(22)11(19-26-2)10-4-3-5-27-10/h3-5,12,16H,6-7H2,1-2H3,(H,18,22)(H,24,25). The number of carbonyl (C=O) groups excluding carboxylic acids is 3. The van der Waals surface area contributed by atoms with E-state index in [1.165, 1.54) is 38.1 Å². The first-order valence-electron chi connectivity index (χ1n) is 8.34. The van der Waals surface area contributed by atoms with Gasteiger partial charge in [-0.05, 0) is 12.1 Å². The van der Waals surface area contributed by atoms with Crippen molar-refractivity contribution >= 4 is 41.2 Å². The molecule has 2 atom stereocenters. The highest BCUT2D eigenvalue weighted by atomic mass is 32.2. The molecule has 0 saturated carbocycles. The molecule has 3 rings (SSSR count). The number of hydrogen-bond acceptors (Lipinski definition) is 9. The molecule has 29 heavy (non-hydrogen) atoms. The number of β-lactam (4-membered cyclic amide) rings is 1. The third-order valence-corrected chi connectivity index (χ3v) is 5.48. The van der Waals surface area contributed by atoms with Crippen molar-refractivity contribution in [2.24, 2.45) is 5.16 Å². The highest BCUT2D eigenvalue weighted by Gasteiger charge is 2.54. The van der Waals surface area contributed by atoms with E-state index in [0.717, 1.165) is 4.90 Å². The fourth-order valence-corrected chi connectivity index (χ4v) is 4.22. The molecule has 1 aromatic rings. The summed E-state index contributed by atoms with van der Waals surface area (Å²) in [6.07, 6.45) is 1.36. The Morgan fingerprint density at radius 2 is 2.21 bits per heavy atom. The van der Waals surface area contributed by atoms with Crippen LogP contribution < -0.4 is 5.32 Å². The molecule has 0 spiro atoms. The maximum Gasteiger partial charge on any atom is 0.352 e. The number of hydrogen-bond donors (Lipinski definition) is 2. The molecule has 2 amide bonds. The summed E-state index contributed by atoms with van der Waals surface area (Å²) in [5.74, 6) is -2.78. The highest BCUT2D eigenvalue weighted by Crippen LogP contribution is 2.40. The Bertz CT molecular complexity index is 908. The number of fused-ring (bicyclic) bond motifs is 1. The van der Waals surface area contributed by atoms with Gasteiger partial charge >= 0.3 is 11.9 Å². The zero-order chi connectivity index (χ0) is 21.1. The van der Waals surface area contributed by atoms with Gasteiger partial charge in [0.15, 0.2) is 5.76 Å². The van der Waals surface area contributed by atoms with Crippen LogP contribution in [0.5, 0.6) is 0 Å². The number of nitrogens with one attached hydrogen (secondary N) is 1. The van der Waals surface area contributed by atoms with Crippen molar-refractivity contribution < 1.29 is 38.3 Å². The minimum atomic E-state index is -1.31. The second-order valence-electron chi connectivity index (χ2n) is 6.00. The summed E-state index contributed by atoms with van der Waals surface area (Å²) in [5.41, 5.74) is -0.0827. The third-order valence-electron chi connectivity index (χ3n) is 4.14. The average Bonchev–Trinajstić information content (AvgIpc) is 3.21. The Balaban J connectivity index is 1.77. The minimum absolute atomic E-state index is 0.152. The van der Waals surface area contributed by atoms with E-state index in [1.54, 1.807) is 6.07 Å². The van der Waals surface area contributed by atoms with Gasteiger partial charge in [0.05, 0.1) is 6.26 Å². The molecule has 1 fully saturated rings. The number of oxime groups is 1. The Kier molecular flexibility index (Phi) is 5.92. The predicted molar refractivity (Wildman–Crippen MR) is 98.6 cm³/mol. The molecule has 1 saturated heterocycles. The smallest absolute Gasteiger partial charge is 0.352 e. The van der Waals surface area contributed by atoms with Gasteiger partial charge in [-0.1, -0.05) is 5.16 Å². The van der Waals surface area contributed by atoms with E-state index in [-0.39, 0.29) is 29.5 Å². The molecule has 1 aromatic heterocycles. The molecule has 12 heteroatoms. The molecule has 2 aliphatic rings. The number of ether oxygens (including phenoxy) is 1. The summed E-state index contributed by atoms with van der Waals surface area (Å²) < 4.78 is 10.0. The lowest BCUT2D eigenvalue weighted by Crippen LogP contribution is -2.71. The highest BCUT2D eigenvalue weighted by molar-refractivity contribution is 8.00. The summed E-state index contributed by atoms with van der Waals surface area (Å²) in [6, 6.07) is 2.12. The molecule has 0 bridgehead atoms. The van der Waals surface area contributed by atoms with Crippen LogP contribution in [0.4, 0.5) is 0 Å². The molecule has 0 radical (unpaired) electrons. The second kappa shape index (κ2) is 8.39. The number of furan rings is 1. The fourth-order valence-electron chi connectivity index (χ4n) is 2.90. The number of nitrogens with zero attached hydrogens (tertiary/aromatic N) is 2. The van der Waals surface area contributed by atoms with Gasteiger partial charge < -0.3 is 24.4 Å². The van der Waals surface area contributed by atoms with Crippen LogP contribution in [0, 0.1) is 0 Å². The maximum absolute atomic E-state index is 12.6. The normalized spacial score (nSPS) is 21.2. The summed E-state index contributed by atoms with van der Waals surface area (Å²) in [5, 5.41) is 15.1. The first-order chi connectivity index (χ1) is 13.8. The molecule has 154 valence electrons. The van der Waals surface area contributed by atoms with E-state index < -0.39 is 35.2 Å². The van der Waals surface area contributed by atoms with Gasteiger partial charge in [0.25, 0.3) is 11.8 Å². The van der Waals surface area contributed by atoms with Crippen LogP contribution in [0.15, 0.2) is 39.2 Å². The molecule has 2 aliphatic heterocycles. The number of carboxylic acids is 1. The van der Waals surface area contributed by atoms with Crippen LogP contribution in [-0.4, -0.2) is 70.4 Å². The largest absolute Gasteiger partial charge is 0.477 e. The lowest BCUT2D eigenvalue weighted by molar-refractivity contribution is -0.150. The van der Waals surface area contributed by atoms with Gasteiger partial charge in [0, 0.05) is 18.2 Å². The number of carbonyl (C=O) groups is 4. The lowest BCUT2D eigenvalue weighted by atomic mass is 10.0. The van der Waals surface area contributed by atoms with Crippen LogP contribution >= 0.6 is 11.8 Å². The Hall–Kier alpha value is -3.28. The second-order valence-corrected chi connectivity index (χ2v) is 7.10. The van der Waals surface area contributed by atoms with Gasteiger partial charge in [-0.15, -0.1) is 11.8 Å². The number of thioether (sulfide) groups is 1. The molecule has 2 N–H and O–H groups in total. The molecular weight excluding hydrogens is 406 g/mol. The van der Waals surface area contributed by atoms with Crippen molar-refractivity contribution in [3.8, 4) is 0 Å².